The number of ether oxygens (including phenoxy) is 1. The van der Waals surface area contributed by atoms with Gasteiger partial charge in [0.1, 0.15) is 11.6 Å². The van der Waals surface area contributed by atoms with E-state index in [9.17, 15) is 9.18 Å². The molecule has 1 N–H and O–H groups in total. The Bertz CT molecular complexity index is 876. The molecule has 0 aliphatic rings. The summed E-state index contributed by atoms with van der Waals surface area (Å²) in [6, 6.07) is 15.6. The molecule has 0 aliphatic carbocycles. The molecule has 134 valence electrons. The van der Waals surface area contributed by atoms with Crippen LogP contribution in [0.25, 0.3) is 0 Å². The summed E-state index contributed by atoms with van der Waals surface area (Å²) in [5, 5.41) is 4.93. The van der Waals surface area contributed by atoms with Gasteiger partial charge in [-0.15, -0.1) is 11.3 Å². The monoisotopic (exact) mass is 369 g/mol. The summed E-state index contributed by atoms with van der Waals surface area (Å²) in [5.74, 6) is 0.173. The third-order valence-electron chi connectivity index (χ3n) is 4.04. The van der Waals surface area contributed by atoms with E-state index in [0.717, 1.165) is 21.6 Å². The van der Waals surface area contributed by atoms with Crippen LogP contribution < -0.4 is 10.1 Å². The highest BCUT2D eigenvalue weighted by Gasteiger charge is 2.18. The first-order valence-corrected chi connectivity index (χ1v) is 9.19. The van der Waals surface area contributed by atoms with Crippen LogP contribution in [0, 0.1) is 19.7 Å². The van der Waals surface area contributed by atoms with Crippen LogP contribution in [0.5, 0.6) is 5.75 Å². The Kier molecular flexibility index (Phi) is 5.68. The van der Waals surface area contributed by atoms with Crippen molar-refractivity contribution in [1.82, 2.24) is 5.32 Å². The molecule has 1 aromatic heterocycles. The maximum Gasteiger partial charge on any atom is 0.258 e. The molecule has 0 fully saturated rings. The van der Waals surface area contributed by atoms with Gasteiger partial charge in [-0.05, 0) is 60.2 Å². The molecule has 1 atom stereocenters. The lowest BCUT2D eigenvalue weighted by Crippen LogP contribution is -2.33. The smallest absolute Gasteiger partial charge is 0.258 e. The zero-order valence-corrected chi connectivity index (χ0v) is 15.5. The standard InChI is InChI=1S/C21H20FNO2S/c1-14-5-6-15(2)18(12-14)25-13-20(24)23-21(19-4-3-11-26-19)16-7-9-17(22)10-8-16/h3-12,21H,13H2,1-2H3,(H,23,24). The number of hydrogen-bond acceptors (Lipinski definition) is 3. The molecule has 0 aliphatic heterocycles. The van der Waals surface area contributed by atoms with Gasteiger partial charge < -0.3 is 10.1 Å². The number of thiophene rings is 1. The fourth-order valence-electron chi connectivity index (χ4n) is 2.64. The molecule has 0 radical (unpaired) electrons. The lowest BCUT2D eigenvalue weighted by molar-refractivity contribution is -0.123. The molecule has 0 bridgehead atoms. The Morgan fingerprint density at radius 3 is 2.62 bits per heavy atom. The molecule has 1 unspecified atom stereocenters. The molecule has 0 saturated heterocycles. The van der Waals surface area contributed by atoms with Crippen molar-refractivity contribution < 1.29 is 13.9 Å². The first-order chi connectivity index (χ1) is 12.5. The molecule has 26 heavy (non-hydrogen) atoms. The van der Waals surface area contributed by atoms with Crippen molar-refractivity contribution in [3.8, 4) is 5.75 Å². The Balaban J connectivity index is 1.71. The molecule has 2 aromatic carbocycles. The summed E-state index contributed by atoms with van der Waals surface area (Å²) in [7, 11) is 0. The van der Waals surface area contributed by atoms with Crippen LogP contribution in [0.2, 0.25) is 0 Å². The van der Waals surface area contributed by atoms with Gasteiger partial charge >= 0.3 is 0 Å². The number of hydrogen-bond donors (Lipinski definition) is 1. The van der Waals surface area contributed by atoms with E-state index in [-0.39, 0.29) is 24.4 Å². The van der Waals surface area contributed by atoms with Crippen molar-refractivity contribution in [2.75, 3.05) is 6.61 Å². The van der Waals surface area contributed by atoms with Crippen LogP contribution in [-0.4, -0.2) is 12.5 Å². The molecule has 3 nitrogen and oxygen atoms in total. The fraction of sp³-hybridized carbons (Fsp3) is 0.190. The molecule has 1 amide bonds. The Morgan fingerprint density at radius 1 is 1.15 bits per heavy atom. The summed E-state index contributed by atoms with van der Waals surface area (Å²) >= 11 is 1.54. The van der Waals surface area contributed by atoms with E-state index >= 15 is 0 Å². The van der Waals surface area contributed by atoms with Crippen molar-refractivity contribution in [2.45, 2.75) is 19.9 Å². The van der Waals surface area contributed by atoms with E-state index in [1.54, 1.807) is 23.5 Å². The van der Waals surface area contributed by atoms with Gasteiger partial charge in [0.25, 0.3) is 5.91 Å². The second-order valence-corrected chi connectivity index (χ2v) is 7.10. The minimum atomic E-state index is -0.328. The number of nitrogens with one attached hydrogen (secondary N) is 1. The summed E-state index contributed by atoms with van der Waals surface area (Å²) in [6.07, 6.45) is 0. The molecule has 0 spiro atoms. The SMILES string of the molecule is Cc1ccc(C)c(OCC(=O)NC(c2ccc(F)cc2)c2cccs2)c1. The lowest BCUT2D eigenvalue weighted by atomic mass is 10.1. The molecular weight excluding hydrogens is 349 g/mol. The lowest BCUT2D eigenvalue weighted by Gasteiger charge is -2.18. The third-order valence-corrected chi connectivity index (χ3v) is 4.98. The van der Waals surface area contributed by atoms with E-state index in [0.29, 0.717) is 5.75 Å². The van der Waals surface area contributed by atoms with Crippen LogP contribution in [0.1, 0.15) is 27.6 Å². The third kappa shape index (κ3) is 4.49. The molecule has 3 rings (SSSR count). The van der Waals surface area contributed by atoms with E-state index in [1.807, 2.05) is 49.6 Å². The van der Waals surface area contributed by atoms with Crippen molar-refractivity contribution in [1.29, 1.82) is 0 Å². The van der Waals surface area contributed by atoms with E-state index in [2.05, 4.69) is 5.32 Å². The number of amides is 1. The summed E-state index contributed by atoms with van der Waals surface area (Å²) in [4.78, 5) is 13.4. The van der Waals surface area contributed by atoms with E-state index in [1.165, 1.54) is 12.1 Å². The summed E-state index contributed by atoms with van der Waals surface area (Å²) < 4.78 is 18.9. The highest BCUT2D eigenvalue weighted by molar-refractivity contribution is 7.10. The average Bonchev–Trinajstić information content (AvgIpc) is 3.16. The summed E-state index contributed by atoms with van der Waals surface area (Å²) in [5.41, 5.74) is 2.89. The Hall–Kier alpha value is -2.66. The number of halogens is 1. The highest BCUT2D eigenvalue weighted by atomic mass is 32.1. The maximum absolute atomic E-state index is 13.2. The predicted octanol–water partition coefficient (Wildman–Crippen LogP) is 4.79. The maximum atomic E-state index is 13.2. The molecular formula is C21H20FNO2S. The van der Waals surface area contributed by atoms with Gasteiger partial charge in [0.05, 0.1) is 6.04 Å². The number of aryl methyl sites for hydroxylation is 2. The van der Waals surface area contributed by atoms with Gasteiger partial charge in [-0.25, -0.2) is 4.39 Å². The molecule has 3 aromatic rings. The van der Waals surface area contributed by atoms with Gasteiger partial charge in [0.2, 0.25) is 0 Å². The Morgan fingerprint density at radius 2 is 1.92 bits per heavy atom. The van der Waals surface area contributed by atoms with Gasteiger partial charge in [0, 0.05) is 4.88 Å². The van der Waals surface area contributed by atoms with Gasteiger partial charge in [-0.1, -0.05) is 30.3 Å². The molecule has 5 heteroatoms. The van der Waals surface area contributed by atoms with Gasteiger partial charge in [-0.3, -0.25) is 4.79 Å². The highest BCUT2D eigenvalue weighted by Crippen LogP contribution is 2.26. The van der Waals surface area contributed by atoms with Crippen molar-refractivity contribution >= 4 is 17.2 Å². The second kappa shape index (κ2) is 8.15. The first-order valence-electron chi connectivity index (χ1n) is 8.31. The zero-order valence-electron chi connectivity index (χ0n) is 14.7. The molecule has 0 saturated carbocycles. The number of carbonyl (C=O) groups excluding carboxylic acids is 1. The second-order valence-electron chi connectivity index (χ2n) is 6.13. The predicted molar refractivity (Wildman–Crippen MR) is 102 cm³/mol. The quantitative estimate of drug-likeness (QED) is 0.678. The first kappa shape index (κ1) is 18.1. The van der Waals surface area contributed by atoms with Crippen molar-refractivity contribution in [2.24, 2.45) is 0 Å². The normalized spacial score (nSPS) is 11.8. The Labute approximate surface area is 156 Å². The van der Waals surface area contributed by atoms with Crippen LogP contribution in [0.15, 0.2) is 60.0 Å². The topological polar surface area (TPSA) is 38.3 Å². The van der Waals surface area contributed by atoms with Crippen molar-refractivity contribution in [3.63, 3.8) is 0 Å². The van der Waals surface area contributed by atoms with Crippen LogP contribution in [-0.2, 0) is 4.79 Å². The van der Waals surface area contributed by atoms with Crippen LogP contribution in [0.4, 0.5) is 4.39 Å². The van der Waals surface area contributed by atoms with Crippen LogP contribution >= 0.6 is 11.3 Å². The van der Waals surface area contributed by atoms with Crippen LogP contribution in [0.3, 0.4) is 0 Å². The minimum Gasteiger partial charge on any atom is -0.483 e. The minimum absolute atomic E-state index is 0.0760. The molecule has 1 heterocycles. The number of rotatable bonds is 6. The average molecular weight is 369 g/mol. The fourth-order valence-corrected chi connectivity index (χ4v) is 3.44. The van der Waals surface area contributed by atoms with E-state index in [4.69, 9.17) is 4.74 Å². The van der Waals surface area contributed by atoms with Gasteiger partial charge in [-0.2, -0.15) is 0 Å². The van der Waals surface area contributed by atoms with E-state index < -0.39 is 0 Å². The number of carbonyl (C=O) groups is 1. The van der Waals surface area contributed by atoms with Gasteiger partial charge in [0.15, 0.2) is 6.61 Å². The number of benzene rings is 2. The van der Waals surface area contributed by atoms with Crippen molar-refractivity contribution in [3.05, 3.63) is 87.4 Å². The summed E-state index contributed by atoms with van der Waals surface area (Å²) in [6.45, 7) is 3.85. The zero-order chi connectivity index (χ0) is 18.5. The largest absolute Gasteiger partial charge is 0.483 e.